The molecule has 0 saturated carbocycles. The van der Waals surface area contributed by atoms with E-state index in [0.717, 1.165) is 33.3 Å². The molecule has 0 aliphatic carbocycles. The van der Waals surface area contributed by atoms with E-state index in [0.29, 0.717) is 5.82 Å². The molecule has 0 saturated heterocycles. The number of benzene rings is 1. The van der Waals surface area contributed by atoms with Crippen molar-refractivity contribution in [3.8, 4) is 5.75 Å². The normalized spacial score (nSPS) is 11.7. The molecule has 0 fully saturated rings. The molecule has 1 heterocycles. The maximum Gasteiger partial charge on any atom is 0.405 e. The number of hydrogen-bond donors (Lipinski definition) is 2. The Morgan fingerprint density at radius 3 is 2.71 bits per heavy atom. The number of hydrogen-bond acceptors (Lipinski definition) is 6. The highest BCUT2D eigenvalue weighted by molar-refractivity contribution is 7.99. The third kappa shape index (κ3) is 6.32. The van der Waals surface area contributed by atoms with Gasteiger partial charge in [-0.1, -0.05) is 37.7 Å². The predicted octanol–water partition coefficient (Wildman–Crippen LogP) is 2.77. The Morgan fingerprint density at radius 2 is 2.07 bits per heavy atom. The van der Waals surface area contributed by atoms with Gasteiger partial charge in [-0.2, -0.15) is 13.2 Å². The van der Waals surface area contributed by atoms with Gasteiger partial charge in [0, 0.05) is 0 Å². The number of rotatable bonds is 8. The zero-order chi connectivity index (χ0) is 20.9. The van der Waals surface area contributed by atoms with Crippen LogP contribution in [-0.4, -0.2) is 39.3 Å². The molecular weight excluding hydrogens is 395 g/mol. The van der Waals surface area contributed by atoms with E-state index in [-0.39, 0.29) is 23.4 Å². The zero-order valence-electron chi connectivity index (χ0n) is 15.7. The lowest BCUT2D eigenvalue weighted by molar-refractivity contribution is -0.136. The first-order valence-corrected chi connectivity index (χ1v) is 9.44. The molecule has 28 heavy (non-hydrogen) atoms. The molecule has 0 aliphatic heterocycles. The third-order valence-corrected chi connectivity index (χ3v) is 4.64. The Bertz CT molecular complexity index is 824. The molecule has 1 aromatic carbocycles. The Kier molecular flexibility index (Phi) is 7.17. The maximum absolute atomic E-state index is 12.1. The minimum Gasteiger partial charge on any atom is -0.485 e. The van der Waals surface area contributed by atoms with Gasteiger partial charge >= 0.3 is 6.18 Å². The van der Waals surface area contributed by atoms with Crippen molar-refractivity contribution in [2.75, 3.05) is 18.1 Å². The lowest BCUT2D eigenvalue weighted by Crippen LogP contribution is -2.34. The Morgan fingerprint density at radius 1 is 1.36 bits per heavy atom. The molecule has 11 heteroatoms. The number of aryl methyl sites for hydroxylation is 1. The van der Waals surface area contributed by atoms with Crippen LogP contribution < -0.4 is 15.9 Å². The van der Waals surface area contributed by atoms with Crippen LogP contribution in [-0.2, 0) is 11.4 Å². The summed E-state index contributed by atoms with van der Waals surface area (Å²) in [4.78, 5) is 11.5. The average Bonchev–Trinajstić information content (AvgIpc) is 2.95. The standard InChI is InChI=1S/C17H22F3N5O2S/c1-10(2)12-5-4-11(3)6-13(12)27-7-14-23-24-16(25(14)21)28-8-15(26)22-9-17(18,19)20/h4-6,10H,7-9,21H2,1-3H3,(H,22,26). The number of carbonyl (C=O) groups excluding carboxylic acids is 1. The molecule has 1 aromatic heterocycles. The summed E-state index contributed by atoms with van der Waals surface area (Å²) in [6.45, 7) is 4.76. The molecule has 0 aliphatic rings. The first-order chi connectivity index (χ1) is 13.1. The van der Waals surface area contributed by atoms with Gasteiger partial charge in [0.2, 0.25) is 11.1 Å². The van der Waals surface area contributed by atoms with Gasteiger partial charge in [-0.25, -0.2) is 4.68 Å². The first-order valence-electron chi connectivity index (χ1n) is 8.45. The summed E-state index contributed by atoms with van der Waals surface area (Å²) in [5, 5.41) is 9.76. The molecule has 0 unspecified atom stereocenters. The summed E-state index contributed by atoms with van der Waals surface area (Å²) in [6.07, 6.45) is -4.46. The maximum atomic E-state index is 12.1. The van der Waals surface area contributed by atoms with E-state index in [1.807, 2.05) is 25.1 Å². The van der Waals surface area contributed by atoms with Crippen molar-refractivity contribution in [1.29, 1.82) is 0 Å². The number of nitrogen functional groups attached to an aromatic ring is 1. The highest BCUT2D eigenvalue weighted by Crippen LogP contribution is 2.28. The van der Waals surface area contributed by atoms with Crippen molar-refractivity contribution >= 4 is 17.7 Å². The lowest BCUT2D eigenvalue weighted by Gasteiger charge is -2.14. The quantitative estimate of drug-likeness (QED) is 0.507. The summed E-state index contributed by atoms with van der Waals surface area (Å²) in [5.41, 5.74) is 2.10. The number of nitrogens with two attached hydrogens (primary N) is 1. The monoisotopic (exact) mass is 417 g/mol. The molecule has 154 valence electrons. The van der Waals surface area contributed by atoms with Gasteiger partial charge in [-0.15, -0.1) is 10.2 Å². The summed E-state index contributed by atoms with van der Waals surface area (Å²) in [5.74, 6) is 6.19. The van der Waals surface area contributed by atoms with Gasteiger partial charge in [-0.05, 0) is 30.0 Å². The summed E-state index contributed by atoms with van der Waals surface area (Å²) in [6, 6.07) is 5.93. The van der Waals surface area contributed by atoms with Crippen molar-refractivity contribution in [3.63, 3.8) is 0 Å². The molecule has 0 atom stereocenters. The Balaban J connectivity index is 1.95. The van der Waals surface area contributed by atoms with Crippen LogP contribution in [0.15, 0.2) is 23.4 Å². The van der Waals surface area contributed by atoms with E-state index in [2.05, 4.69) is 24.0 Å². The molecule has 0 spiro atoms. The lowest BCUT2D eigenvalue weighted by atomic mass is 10.0. The highest BCUT2D eigenvalue weighted by atomic mass is 32.2. The van der Waals surface area contributed by atoms with Crippen molar-refractivity contribution in [1.82, 2.24) is 20.2 Å². The van der Waals surface area contributed by atoms with Crippen molar-refractivity contribution in [2.45, 2.75) is 44.6 Å². The second-order valence-corrected chi connectivity index (χ2v) is 7.38. The van der Waals surface area contributed by atoms with E-state index in [4.69, 9.17) is 10.6 Å². The molecule has 2 aromatic rings. The Hall–Kier alpha value is -2.43. The molecule has 7 nitrogen and oxygen atoms in total. The van der Waals surface area contributed by atoms with E-state index >= 15 is 0 Å². The van der Waals surface area contributed by atoms with Crippen LogP contribution in [0.3, 0.4) is 0 Å². The zero-order valence-corrected chi connectivity index (χ0v) is 16.5. The number of amides is 1. The molecule has 0 bridgehead atoms. The predicted molar refractivity (Wildman–Crippen MR) is 99.6 cm³/mol. The van der Waals surface area contributed by atoms with E-state index in [1.165, 1.54) is 0 Å². The van der Waals surface area contributed by atoms with Crippen LogP contribution in [0, 0.1) is 6.92 Å². The second kappa shape index (κ2) is 9.18. The molecule has 3 N–H and O–H groups in total. The van der Waals surface area contributed by atoms with Gasteiger partial charge < -0.3 is 15.9 Å². The minimum absolute atomic E-state index is 0.0630. The van der Waals surface area contributed by atoms with E-state index < -0.39 is 18.6 Å². The highest BCUT2D eigenvalue weighted by Gasteiger charge is 2.27. The first kappa shape index (κ1) is 21.9. The molecular formula is C17H22F3N5O2S. The average molecular weight is 417 g/mol. The van der Waals surface area contributed by atoms with Crippen molar-refractivity contribution < 1.29 is 22.7 Å². The summed E-state index contributed by atoms with van der Waals surface area (Å²) in [7, 11) is 0. The Labute approximate surface area is 164 Å². The number of ether oxygens (including phenoxy) is 1. The summed E-state index contributed by atoms with van der Waals surface area (Å²) >= 11 is 0.888. The van der Waals surface area contributed by atoms with Crippen LogP contribution in [0.4, 0.5) is 13.2 Å². The molecule has 1 amide bonds. The van der Waals surface area contributed by atoms with Crippen molar-refractivity contribution in [3.05, 3.63) is 35.2 Å². The van der Waals surface area contributed by atoms with E-state index in [9.17, 15) is 18.0 Å². The topological polar surface area (TPSA) is 95.1 Å². The van der Waals surface area contributed by atoms with Crippen LogP contribution in [0.25, 0.3) is 0 Å². The smallest absolute Gasteiger partial charge is 0.405 e. The van der Waals surface area contributed by atoms with Gasteiger partial charge in [0.05, 0.1) is 5.75 Å². The second-order valence-electron chi connectivity index (χ2n) is 6.43. The fourth-order valence-electron chi connectivity index (χ4n) is 2.27. The SMILES string of the molecule is Cc1ccc(C(C)C)c(OCc2nnc(SCC(=O)NCC(F)(F)F)n2N)c1. The number of halogens is 3. The van der Waals surface area contributed by atoms with Crippen LogP contribution in [0.2, 0.25) is 0 Å². The van der Waals surface area contributed by atoms with Crippen LogP contribution in [0.5, 0.6) is 5.75 Å². The molecule has 0 radical (unpaired) electrons. The van der Waals surface area contributed by atoms with Crippen LogP contribution >= 0.6 is 11.8 Å². The number of aromatic nitrogens is 3. The number of nitrogens with one attached hydrogen (secondary N) is 1. The molecule has 2 rings (SSSR count). The number of thioether (sulfide) groups is 1. The van der Waals surface area contributed by atoms with Gasteiger partial charge in [0.1, 0.15) is 18.9 Å². The van der Waals surface area contributed by atoms with Crippen molar-refractivity contribution in [2.24, 2.45) is 0 Å². The fraction of sp³-hybridized carbons (Fsp3) is 0.471. The third-order valence-electron chi connectivity index (χ3n) is 3.70. The van der Waals surface area contributed by atoms with E-state index in [1.54, 1.807) is 5.32 Å². The summed E-state index contributed by atoms with van der Waals surface area (Å²) < 4.78 is 43.3. The number of alkyl halides is 3. The van der Waals surface area contributed by atoms with Gasteiger partial charge in [-0.3, -0.25) is 4.79 Å². The minimum atomic E-state index is -4.46. The number of nitrogens with zero attached hydrogens (tertiary/aromatic N) is 3. The van der Waals surface area contributed by atoms with Gasteiger partial charge in [0.15, 0.2) is 5.82 Å². The van der Waals surface area contributed by atoms with Gasteiger partial charge in [0.25, 0.3) is 0 Å². The largest absolute Gasteiger partial charge is 0.485 e. The number of carbonyl (C=O) groups is 1. The van der Waals surface area contributed by atoms with Crippen LogP contribution in [0.1, 0.15) is 36.7 Å². The fourth-order valence-corrected chi connectivity index (χ4v) is 2.98.